The number of amides is 1. The summed E-state index contributed by atoms with van der Waals surface area (Å²) in [6.07, 6.45) is 0. The van der Waals surface area contributed by atoms with E-state index in [1.165, 1.54) is 12.1 Å². The van der Waals surface area contributed by atoms with Crippen LogP contribution in [0.25, 0.3) is 17.2 Å². The van der Waals surface area contributed by atoms with E-state index in [9.17, 15) is 14.0 Å². The van der Waals surface area contributed by atoms with Gasteiger partial charge in [0.05, 0.1) is 10.2 Å². The Kier molecular flexibility index (Phi) is 4.03. The van der Waals surface area contributed by atoms with Crippen molar-refractivity contribution in [1.82, 2.24) is 40.7 Å². The van der Waals surface area contributed by atoms with Gasteiger partial charge in [-0.2, -0.15) is 5.21 Å². The molecule has 27 heavy (non-hydrogen) atoms. The Morgan fingerprint density at radius 2 is 2.15 bits per heavy atom. The summed E-state index contributed by atoms with van der Waals surface area (Å²) in [5.41, 5.74) is 0.112. The van der Waals surface area contributed by atoms with Crippen molar-refractivity contribution in [2.45, 2.75) is 0 Å². The molecule has 0 bridgehead atoms. The molecule has 0 aliphatic heterocycles. The summed E-state index contributed by atoms with van der Waals surface area (Å²) in [5, 5.41) is 25.6. The number of carbonyl (C=O) groups excluding carboxylic acids is 1. The summed E-state index contributed by atoms with van der Waals surface area (Å²) in [6, 6.07) is 3.80. The van der Waals surface area contributed by atoms with E-state index in [-0.39, 0.29) is 33.3 Å². The number of aromatic amines is 1. The monoisotopic (exact) mass is 437 g/mol. The fourth-order valence-electron chi connectivity index (χ4n) is 2.09. The lowest BCUT2D eigenvalue weighted by molar-refractivity contribution is 0.101. The third kappa shape index (κ3) is 2.99. The molecule has 0 saturated heterocycles. The summed E-state index contributed by atoms with van der Waals surface area (Å²) in [6.45, 7) is 0. The van der Waals surface area contributed by atoms with Gasteiger partial charge in [-0.1, -0.05) is 5.16 Å². The molecular weight excluding hydrogens is 433 g/mol. The Balaban J connectivity index is 1.76. The Morgan fingerprint density at radius 3 is 2.89 bits per heavy atom. The predicted octanol–water partition coefficient (Wildman–Crippen LogP) is 0.542. The van der Waals surface area contributed by atoms with Gasteiger partial charge in [-0.25, -0.2) is 18.4 Å². The number of rotatable bonds is 4. The van der Waals surface area contributed by atoms with E-state index in [4.69, 9.17) is 0 Å². The molecule has 0 aliphatic rings. The van der Waals surface area contributed by atoms with Gasteiger partial charge in [0.15, 0.2) is 5.69 Å². The molecule has 4 aromatic rings. The molecule has 0 unspecified atom stereocenters. The second kappa shape index (κ2) is 6.52. The number of carbonyl (C=O) groups is 1. The highest BCUT2D eigenvalue weighted by Gasteiger charge is 2.25. The molecule has 0 spiro atoms. The molecule has 2 N–H and O–H groups in total. The molecule has 15 heteroatoms. The van der Waals surface area contributed by atoms with E-state index >= 15 is 0 Å². The molecule has 0 atom stereocenters. The smallest absolute Gasteiger partial charge is 0.299 e. The number of benzene rings is 1. The highest BCUT2D eigenvalue weighted by Crippen LogP contribution is 2.26. The van der Waals surface area contributed by atoms with Gasteiger partial charge in [0.25, 0.3) is 11.7 Å². The van der Waals surface area contributed by atoms with Crippen LogP contribution >= 0.6 is 15.9 Å². The standard InChI is InChI=1S/C12H5BrFN9O4/c13-5-3-4(1-2-6(5)14)23-10(20-26-12(23)25)7-8(19-27-18-7)15-11(24)9-16-21-22-17-9/h1-3H,(H,15,19,24)(H,16,17,21,22). The Labute approximate surface area is 154 Å². The Bertz CT molecular complexity index is 1180. The summed E-state index contributed by atoms with van der Waals surface area (Å²) in [5.74, 6) is -2.73. The summed E-state index contributed by atoms with van der Waals surface area (Å²) in [7, 11) is 0. The molecule has 0 aliphatic carbocycles. The number of tetrazole rings is 1. The molecule has 0 radical (unpaired) electrons. The van der Waals surface area contributed by atoms with Crippen LogP contribution in [-0.2, 0) is 0 Å². The van der Waals surface area contributed by atoms with Crippen LogP contribution in [0, 0.1) is 5.82 Å². The molecule has 1 aromatic carbocycles. The lowest BCUT2D eigenvalue weighted by atomic mass is 10.3. The zero-order valence-electron chi connectivity index (χ0n) is 12.8. The minimum absolute atomic E-state index is 0.113. The van der Waals surface area contributed by atoms with Crippen molar-refractivity contribution in [1.29, 1.82) is 0 Å². The molecule has 4 rings (SSSR count). The number of H-pyrrole nitrogens is 1. The average molecular weight is 438 g/mol. The molecule has 0 saturated carbocycles. The van der Waals surface area contributed by atoms with Crippen molar-refractivity contribution in [2.24, 2.45) is 0 Å². The zero-order valence-corrected chi connectivity index (χ0v) is 14.3. The summed E-state index contributed by atoms with van der Waals surface area (Å²) >= 11 is 3.03. The van der Waals surface area contributed by atoms with Crippen LogP contribution in [-0.4, -0.2) is 46.6 Å². The van der Waals surface area contributed by atoms with Gasteiger partial charge in [0.2, 0.25) is 11.6 Å². The van der Waals surface area contributed by atoms with E-state index in [0.29, 0.717) is 0 Å². The number of nitrogens with one attached hydrogen (secondary N) is 2. The third-order valence-electron chi connectivity index (χ3n) is 3.25. The van der Waals surface area contributed by atoms with E-state index in [0.717, 1.165) is 10.6 Å². The quantitative estimate of drug-likeness (QED) is 0.458. The van der Waals surface area contributed by atoms with E-state index < -0.39 is 17.5 Å². The molecule has 3 heterocycles. The lowest BCUT2D eigenvalue weighted by Gasteiger charge is -2.04. The first kappa shape index (κ1) is 16.7. The number of anilines is 1. The van der Waals surface area contributed by atoms with Crippen LogP contribution in [0.2, 0.25) is 0 Å². The van der Waals surface area contributed by atoms with Crippen molar-refractivity contribution in [2.75, 3.05) is 5.32 Å². The largest absolute Gasteiger partial charge is 0.446 e. The number of aromatic nitrogens is 8. The minimum atomic E-state index is -0.873. The van der Waals surface area contributed by atoms with Crippen molar-refractivity contribution >= 4 is 27.7 Å². The normalized spacial score (nSPS) is 10.9. The van der Waals surface area contributed by atoms with Crippen LogP contribution in [0.5, 0.6) is 0 Å². The second-order valence-corrected chi connectivity index (χ2v) is 5.71. The average Bonchev–Trinajstić information content (AvgIpc) is 3.38. The van der Waals surface area contributed by atoms with E-state index in [1.807, 2.05) is 0 Å². The fraction of sp³-hybridized carbons (Fsp3) is 0. The van der Waals surface area contributed by atoms with Gasteiger partial charge in [-0.05, 0) is 49.7 Å². The first-order valence-electron chi connectivity index (χ1n) is 6.96. The number of nitrogens with zero attached hydrogens (tertiary/aromatic N) is 7. The maximum Gasteiger partial charge on any atom is 0.446 e. The Morgan fingerprint density at radius 1 is 1.30 bits per heavy atom. The Hall–Kier alpha value is -3.75. The number of hydrogen-bond acceptors (Lipinski definition) is 10. The minimum Gasteiger partial charge on any atom is -0.299 e. The van der Waals surface area contributed by atoms with Crippen LogP contribution in [0.3, 0.4) is 0 Å². The van der Waals surface area contributed by atoms with Crippen LogP contribution in [0.15, 0.2) is 36.6 Å². The van der Waals surface area contributed by atoms with Crippen LogP contribution in [0.4, 0.5) is 10.2 Å². The first-order valence-corrected chi connectivity index (χ1v) is 7.76. The topological polar surface area (TPSA) is 171 Å². The molecule has 136 valence electrons. The van der Waals surface area contributed by atoms with E-state index in [1.54, 1.807) is 0 Å². The third-order valence-corrected chi connectivity index (χ3v) is 3.85. The maximum absolute atomic E-state index is 13.5. The predicted molar refractivity (Wildman–Crippen MR) is 85.2 cm³/mol. The zero-order chi connectivity index (χ0) is 19.0. The summed E-state index contributed by atoms with van der Waals surface area (Å²) in [4.78, 5) is 24.1. The van der Waals surface area contributed by atoms with Crippen LogP contribution in [0.1, 0.15) is 10.6 Å². The van der Waals surface area contributed by atoms with Gasteiger partial charge in [0, 0.05) is 0 Å². The molecular formula is C12H5BrFN9O4. The second-order valence-electron chi connectivity index (χ2n) is 4.86. The molecule has 1 amide bonds. The van der Waals surface area contributed by atoms with Crippen molar-refractivity contribution in [3.05, 3.63) is 44.9 Å². The highest BCUT2D eigenvalue weighted by atomic mass is 79.9. The fourth-order valence-corrected chi connectivity index (χ4v) is 2.46. The highest BCUT2D eigenvalue weighted by molar-refractivity contribution is 9.10. The molecule has 3 aromatic heterocycles. The van der Waals surface area contributed by atoms with Gasteiger partial charge < -0.3 is 0 Å². The van der Waals surface area contributed by atoms with Gasteiger partial charge >= 0.3 is 5.76 Å². The van der Waals surface area contributed by atoms with E-state index in [2.05, 4.69) is 66.5 Å². The van der Waals surface area contributed by atoms with Gasteiger partial charge in [-0.3, -0.25) is 14.6 Å². The lowest BCUT2D eigenvalue weighted by Crippen LogP contribution is -2.16. The van der Waals surface area contributed by atoms with Crippen molar-refractivity contribution in [3.63, 3.8) is 0 Å². The molecule has 0 fully saturated rings. The first-order chi connectivity index (χ1) is 13.0. The van der Waals surface area contributed by atoms with Crippen molar-refractivity contribution < 1.29 is 18.3 Å². The summed E-state index contributed by atoms with van der Waals surface area (Å²) < 4.78 is 23.9. The molecule has 13 nitrogen and oxygen atoms in total. The SMILES string of the molecule is O=C(Nc1nonc1-c1noc(=O)n1-c1ccc(F)c(Br)c1)c1nn[nH]n1. The van der Waals surface area contributed by atoms with Crippen molar-refractivity contribution in [3.8, 4) is 17.2 Å². The van der Waals surface area contributed by atoms with Gasteiger partial charge in [-0.15, -0.1) is 10.2 Å². The number of halogens is 2. The number of hydrogen-bond donors (Lipinski definition) is 2. The van der Waals surface area contributed by atoms with Gasteiger partial charge in [0.1, 0.15) is 5.82 Å². The van der Waals surface area contributed by atoms with Crippen LogP contribution < -0.4 is 11.1 Å². The maximum atomic E-state index is 13.5.